The van der Waals surface area contributed by atoms with Crippen LogP contribution in [0.25, 0.3) is 5.69 Å². The van der Waals surface area contributed by atoms with Crippen molar-refractivity contribution in [2.45, 2.75) is 45.1 Å². The van der Waals surface area contributed by atoms with Crippen LogP contribution in [0.3, 0.4) is 0 Å². The lowest BCUT2D eigenvalue weighted by molar-refractivity contribution is 0.0695. The molecule has 0 atom stereocenters. The zero-order chi connectivity index (χ0) is 17.4. The number of aryl methyl sites for hydroxylation is 1. The van der Waals surface area contributed by atoms with E-state index in [2.05, 4.69) is 36.5 Å². The van der Waals surface area contributed by atoms with Crippen molar-refractivity contribution in [3.63, 3.8) is 0 Å². The van der Waals surface area contributed by atoms with E-state index in [-0.39, 0.29) is 18.3 Å². The number of nitrogens with zero attached hydrogens (tertiary/aromatic N) is 3. The van der Waals surface area contributed by atoms with Crippen molar-refractivity contribution in [3.8, 4) is 5.69 Å². The summed E-state index contributed by atoms with van der Waals surface area (Å²) >= 11 is 0. The molecule has 0 bridgehead atoms. The summed E-state index contributed by atoms with van der Waals surface area (Å²) in [7, 11) is 1.94. The second kappa shape index (κ2) is 7.80. The Morgan fingerprint density at radius 1 is 1.19 bits per heavy atom. The monoisotopic (exact) mass is 374 g/mol. The normalized spacial score (nSPS) is 16.8. The topological polar surface area (TPSA) is 50.2 Å². The van der Waals surface area contributed by atoms with Crippen LogP contribution in [-0.2, 0) is 12.8 Å². The van der Waals surface area contributed by atoms with Crippen LogP contribution >= 0.6 is 12.4 Å². The van der Waals surface area contributed by atoms with Crippen molar-refractivity contribution < 1.29 is 4.79 Å². The highest BCUT2D eigenvalue weighted by Gasteiger charge is 2.31. The number of halogens is 1. The first-order chi connectivity index (χ1) is 12.1. The minimum atomic E-state index is 0. The maximum Gasteiger partial charge on any atom is 0.274 e. The fourth-order valence-corrected chi connectivity index (χ4v) is 4.04. The van der Waals surface area contributed by atoms with Crippen LogP contribution in [0.5, 0.6) is 0 Å². The second-order valence-electron chi connectivity index (χ2n) is 7.27. The third-order valence-electron chi connectivity index (χ3n) is 5.59. The Balaban J connectivity index is 0.00000196. The number of nitrogens with one attached hydrogen (secondary N) is 1. The molecule has 0 radical (unpaired) electrons. The van der Waals surface area contributed by atoms with Gasteiger partial charge in [-0.15, -0.1) is 12.4 Å². The molecule has 1 aromatic carbocycles. The first-order valence-corrected chi connectivity index (χ1v) is 9.31. The molecule has 2 heterocycles. The molecule has 26 heavy (non-hydrogen) atoms. The number of hydrogen-bond donors (Lipinski definition) is 1. The van der Waals surface area contributed by atoms with Gasteiger partial charge >= 0.3 is 0 Å². The molecule has 0 saturated carbocycles. The van der Waals surface area contributed by atoms with E-state index in [1.807, 2.05) is 16.6 Å². The molecule has 1 amide bonds. The summed E-state index contributed by atoms with van der Waals surface area (Å²) in [6.45, 7) is 4.05. The summed E-state index contributed by atoms with van der Waals surface area (Å²) in [5.74, 6) is 0.0795. The number of aromatic nitrogens is 2. The average molecular weight is 375 g/mol. The number of carbonyl (C=O) groups is 1. The predicted molar refractivity (Wildman–Crippen MR) is 106 cm³/mol. The van der Waals surface area contributed by atoms with E-state index in [0.29, 0.717) is 11.7 Å². The van der Waals surface area contributed by atoms with E-state index in [9.17, 15) is 4.79 Å². The van der Waals surface area contributed by atoms with Crippen LogP contribution in [0.2, 0.25) is 0 Å². The van der Waals surface area contributed by atoms with Crippen molar-refractivity contribution in [2.75, 3.05) is 20.1 Å². The first kappa shape index (κ1) is 18.9. The molecule has 1 aromatic heterocycles. The number of rotatable bonds is 3. The number of benzene rings is 1. The lowest BCUT2D eigenvalue weighted by Gasteiger charge is -2.31. The largest absolute Gasteiger partial charge is 0.337 e. The van der Waals surface area contributed by atoms with Gasteiger partial charge in [0.1, 0.15) is 0 Å². The van der Waals surface area contributed by atoms with Gasteiger partial charge in [-0.05, 0) is 64.3 Å². The molecule has 1 saturated heterocycles. The van der Waals surface area contributed by atoms with Gasteiger partial charge in [-0.1, -0.05) is 17.7 Å². The first-order valence-electron chi connectivity index (χ1n) is 9.31. The van der Waals surface area contributed by atoms with Crippen molar-refractivity contribution in [2.24, 2.45) is 0 Å². The van der Waals surface area contributed by atoms with E-state index in [1.165, 1.54) is 11.3 Å². The highest BCUT2D eigenvalue weighted by molar-refractivity contribution is 5.94. The van der Waals surface area contributed by atoms with Crippen LogP contribution in [0.1, 0.15) is 46.6 Å². The number of hydrogen-bond acceptors (Lipinski definition) is 3. The SMILES string of the molecule is Cc1ccc(-n2nc(C(=O)N(C)C3CCNCC3)c3c2CCC3)cc1.Cl. The molecule has 140 valence electrons. The Kier molecular flexibility index (Phi) is 5.68. The van der Waals surface area contributed by atoms with Gasteiger partial charge in [0.25, 0.3) is 5.91 Å². The third-order valence-corrected chi connectivity index (χ3v) is 5.59. The highest BCUT2D eigenvalue weighted by atomic mass is 35.5. The molecule has 1 N–H and O–H groups in total. The number of piperidine rings is 1. The molecule has 0 unspecified atom stereocenters. The summed E-state index contributed by atoms with van der Waals surface area (Å²) in [5, 5.41) is 8.12. The lowest BCUT2D eigenvalue weighted by atomic mass is 10.0. The number of carbonyl (C=O) groups excluding carboxylic acids is 1. The van der Waals surface area contributed by atoms with E-state index < -0.39 is 0 Å². The molecule has 5 nitrogen and oxygen atoms in total. The number of amides is 1. The van der Waals surface area contributed by atoms with Gasteiger partial charge in [0.15, 0.2) is 5.69 Å². The quantitative estimate of drug-likeness (QED) is 0.898. The fourth-order valence-electron chi connectivity index (χ4n) is 4.04. The van der Waals surface area contributed by atoms with Crippen LogP contribution in [-0.4, -0.2) is 46.8 Å². The van der Waals surface area contributed by atoms with Gasteiger partial charge in [-0.25, -0.2) is 4.68 Å². The van der Waals surface area contributed by atoms with Crippen molar-refractivity contribution in [1.82, 2.24) is 20.0 Å². The van der Waals surface area contributed by atoms with Crippen LogP contribution in [0.4, 0.5) is 0 Å². The molecule has 1 aliphatic carbocycles. The van der Waals surface area contributed by atoms with Crippen molar-refractivity contribution >= 4 is 18.3 Å². The smallest absolute Gasteiger partial charge is 0.274 e. The Morgan fingerprint density at radius 3 is 2.58 bits per heavy atom. The molecule has 1 fully saturated rings. The van der Waals surface area contributed by atoms with Crippen molar-refractivity contribution in [3.05, 3.63) is 46.8 Å². The zero-order valence-electron chi connectivity index (χ0n) is 15.5. The minimum absolute atomic E-state index is 0. The molecule has 1 aliphatic heterocycles. The molecular formula is C20H27ClN4O. The maximum atomic E-state index is 13.1. The maximum absolute atomic E-state index is 13.1. The van der Waals surface area contributed by atoms with E-state index >= 15 is 0 Å². The Labute approximate surface area is 161 Å². The fraction of sp³-hybridized carbons (Fsp3) is 0.500. The van der Waals surface area contributed by atoms with Crippen LogP contribution in [0, 0.1) is 6.92 Å². The second-order valence-corrected chi connectivity index (χ2v) is 7.27. The third kappa shape index (κ3) is 3.38. The van der Waals surface area contributed by atoms with Gasteiger partial charge in [-0.3, -0.25) is 4.79 Å². The molecule has 0 spiro atoms. The van der Waals surface area contributed by atoms with Crippen LogP contribution < -0.4 is 5.32 Å². The molecular weight excluding hydrogens is 348 g/mol. The van der Waals surface area contributed by atoms with Gasteiger partial charge in [0, 0.05) is 24.3 Å². The summed E-state index contributed by atoms with van der Waals surface area (Å²) in [6.07, 6.45) is 5.10. The van der Waals surface area contributed by atoms with Gasteiger partial charge in [0.2, 0.25) is 0 Å². The van der Waals surface area contributed by atoms with E-state index in [0.717, 1.165) is 56.4 Å². The van der Waals surface area contributed by atoms with E-state index in [4.69, 9.17) is 5.10 Å². The summed E-state index contributed by atoms with van der Waals surface area (Å²) in [5.41, 5.74) is 5.31. The highest BCUT2D eigenvalue weighted by Crippen LogP contribution is 2.29. The van der Waals surface area contributed by atoms with Gasteiger partial charge in [-0.2, -0.15) is 5.10 Å². The summed E-state index contributed by atoms with van der Waals surface area (Å²) in [4.78, 5) is 15.0. The summed E-state index contributed by atoms with van der Waals surface area (Å²) < 4.78 is 1.99. The van der Waals surface area contributed by atoms with Gasteiger partial charge < -0.3 is 10.2 Å². The Morgan fingerprint density at radius 2 is 1.88 bits per heavy atom. The molecule has 4 rings (SSSR count). The molecule has 2 aliphatic rings. The van der Waals surface area contributed by atoms with E-state index in [1.54, 1.807) is 0 Å². The van der Waals surface area contributed by atoms with Crippen LogP contribution in [0.15, 0.2) is 24.3 Å². The zero-order valence-corrected chi connectivity index (χ0v) is 16.3. The van der Waals surface area contributed by atoms with Gasteiger partial charge in [0.05, 0.1) is 5.69 Å². The average Bonchev–Trinajstić information content (AvgIpc) is 3.25. The molecule has 2 aromatic rings. The minimum Gasteiger partial charge on any atom is -0.337 e. The standard InChI is InChI=1S/C20H26N4O.ClH/c1-14-6-8-16(9-7-14)24-18-5-3-4-17(18)19(22-24)20(25)23(2)15-10-12-21-13-11-15;/h6-9,15,21H,3-5,10-13H2,1-2H3;1H. The van der Waals surface area contributed by atoms with Crippen molar-refractivity contribution in [1.29, 1.82) is 0 Å². The lowest BCUT2D eigenvalue weighted by Crippen LogP contribution is -2.44. The Hall–Kier alpha value is -1.85. The summed E-state index contributed by atoms with van der Waals surface area (Å²) in [6, 6.07) is 8.69. The molecule has 6 heteroatoms. The predicted octanol–water partition coefficient (Wildman–Crippen LogP) is 2.92. The number of fused-ring (bicyclic) bond motifs is 1. The Bertz CT molecular complexity index is 778.